The third kappa shape index (κ3) is 6.03. The number of benzene rings is 1. The first-order valence-corrected chi connectivity index (χ1v) is 12.5. The van der Waals surface area contributed by atoms with Gasteiger partial charge in [-0.1, -0.05) is 0 Å². The van der Waals surface area contributed by atoms with Crippen molar-refractivity contribution in [3.05, 3.63) is 65.1 Å². The highest BCUT2D eigenvalue weighted by Gasteiger charge is 2.40. The first-order valence-electron chi connectivity index (χ1n) is 12.5. The van der Waals surface area contributed by atoms with Gasteiger partial charge in [0.2, 0.25) is 0 Å². The molecule has 1 saturated carbocycles. The molecule has 9 heteroatoms. The summed E-state index contributed by atoms with van der Waals surface area (Å²) in [6, 6.07) is 15.5. The Labute approximate surface area is 217 Å². The van der Waals surface area contributed by atoms with E-state index in [-0.39, 0.29) is 5.57 Å². The fraction of sp³-hybridized carbons (Fsp3) is 0.393. The Balaban J connectivity index is 1.40. The van der Waals surface area contributed by atoms with Gasteiger partial charge in [0, 0.05) is 36.7 Å². The monoisotopic (exact) mass is 497 g/mol. The predicted molar refractivity (Wildman–Crippen MR) is 141 cm³/mol. The summed E-state index contributed by atoms with van der Waals surface area (Å²) in [6.07, 6.45) is 5.99. The number of nitriles is 2. The Morgan fingerprint density at radius 3 is 2.35 bits per heavy atom. The zero-order valence-corrected chi connectivity index (χ0v) is 21.0. The first-order chi connectivity index (χ1) is 18.0. The topological polar surface area (TPSA) is 138 Å². The average molecular weight is 498 g/mol. The Hall–Kier alpha value is -4.05. The van der Waals surface area contributed by atoms with Crippen molar-refractivity contribution in [1.82, 2.24) is 9.88 Å². The van der Waals surface area contributed by atoms with Gasteiger partial charge in [-0.3, -0.25) is 14.7 Å². The lowest BCUT2D eigenvalue weighted by molar-refractivity contribution is -0.112. The van der Waals surface area contributed by atoms with Crippen LogP contribution in [0.4, 0.5) is 11.4 Å². The molecule has 2 aliphatic rings. The molecule has 1 aromatic carbocycles. The summed E-state index contributed by atoms with van der Waals surface area (Å²) in [4.78, 5) is 19.9. The Morgan fingerprint density at radius 2 is 1.78 bits per heavy atom. The van der Waals surface area contributed by atoms with Crippen LogP contribution in [0.3, 0.4) is 0 Å². The number of rotatable bonds is 7. The van der Waals surface area contributed by atoms with Gasteiger partial charge >= 0.3 is 0 Å². The summed E-state index contributed by atoms with van der Waals surface area (Å²) in [5, 5.41) is 32.6. The first kappa shape index (κ1) is 26.0. The highest BCUT2D eigenvalue weighted by atomic mass is 16.5. The molecule has 1 aliphatic carbocycles. The average Bonchev–Trinajstić information content (AvgIpc) is 2.95. The zero-order valence-electron chi connectivity index (χ0n) is 21.0. The molecule has 4 rings (SSSR count). The summed E-state index contributed by atoms with van der Waals surface area (Å²) >= 11 is 0. The molecular weight excluding hydrogens is 466 g/mol. The van der Waals surface area contributed by atoms with Gasteiger partial charge in [-0.05, 0) is 69.0 Å². The molecule has 1 amide bonds. The summed E-state index contributed by atoms with van der Waals surface area (Å²) in [5.74, 6) is -0.441. The van der Waals surface area contributed by atoms with Crippen LogP contribution in [0, 0.1) is 28.1 Å². The van der Waals surface area contributed by atoms with E-state index in [0.29, 0.717) is 28.7 Å². The highest BCUT2D eigenvalue weighted by molar-refractivity contribution is 6.17. The lowest BCUT2D eigenvalue weighted by Gasteiger charge is -2.41. The van der Waals surface area contributed by atoms with Crippen molar-refractivity contribution in [2.24, 2.45) is 0 Å². The molecule has 2 fully saturated rings. The largest absolute Gasteiger partial charge is 0.379 e. The zero-order chi connectivity index (χ0) is 26.3. The fourth-order valence-corrected chi connectivity index (χ4v) is 5.03. The Bertz CT molecular complexity index is 1230. The summed E-state index contributed by atoms with van der Waals surface area (Å²) in [6.45, 7) is 5.16. The number of hydrogen-bond donors (Lipinski definition) is 3. The molecule has 2 aromatic rings. The van der Waals surface area contributed by atoms with Crippen LogP contribution in [-0.4, -0.2) is 54.4 Å². The second-order valence-electron chi connectivity index (χ2n) is 9.46. The van der Waals surface area contributed by atoms with Crippen LogP contribution in [0.25, 0.3) is 0 Å². The molecule has 0 spiro atoms. The predicted octanol–water partition coefficient (Wildman–Crippen LogP) is 3.96. The van der Waals surface area contributed by atoms with Crippen molar-refractivity contribution in [2.75, 3.05) is 36.9 Å². The van der Waals surface area contributed by atoms with Crippen molar-refractivity contribution in [2.45, 2.75) is 44.1 Å². The van der Waals surface area contributed by atoms with E-state index in [1.165, 1.54) is 0 Å². The molecule has 190 valence electrons. The molecular formula is C28H31N7O2. The number of carbonyl (C=O) groups is 1. The molecule has 3 N–H and O–H groups in total. The van der Waals surface area contributed by atoms with Gasteiger partial charge in [0.05, 0.1) is 59.5 Å². The molecule has 2 heterocycles. The van der Waals surface area contributed by atoms with Crippen molar-refractivity contribution >= 4 is 23.5 Å². The number of morpholine rings is 1. The second kappa shape index (κ2) is 11.8. The lowest BCUT2D eigenvalue weighted by atomic mass is 9.71. The minimum atomic E-state index is -0.618. The van der Waals surface area contributed by atoms with Crippen LogP contribution in [0.5, 0.6) is 0 Å². The number of nitrogens with zero attached hydrogens (tertiary/aromatic N) is 4. The smallest absolute Gasteiger partial charge is 0.259 e. The SMILES string of the molecule is C/C(Nc1ccc(C#N)cc1)=C(/C=N)C(=O)Nc1ccc([C@]2(C#N)CC[C@@H](N3CCOCC3)CC2)nc1. The van der Waals surface area contributed by atoms with E-state index >= 15 is 0 Å². The van der Waals surface area contributed by atoms with Crippen molar-refractivity contribution < 1.29 is 9.53 Å². The van der Waals surface area contributed by atoms with Gasteiger partial charge < -0.3 is 20.8 Å². The van der Waals surface area contributed by atoms with Gasteiger partial charge in [0.1, 0.15) is 0 Å². The molecule has 0 bridgehead atoms. The number of allylic oxidation sites excluding steroid dienone is 1. The molecule has 1 saturated heterocycles. The number of aromatic nitrogens is 1. The van der Waals surface area contributed by atoms with Crippen LogP contribution in [0.1, 0.15) is 43.9 Å². The van der Waals surface area contributed by atoms with Crippen LogP contribution in [0.2, 0.25) is 0 Å². The summed E-state index contributed by atoms with van der Waals surface area (Å²) in [5.41, 5.74) is 2.53. The van der Waals surface area contributed by atoms with Gasteiger partial charge in [0.15, 0.2) is 0 Å². The Morgan fingerprint density at radius 1 is 1.11 bits per heavy atom. The van der Waals surface area contributed by atoms with Crippen molar-refractivity contribution in [3.8, 4) is 12.1 Å². The molecule has 0 unspecified atom stereocenters. The third-order valence-electron chi connectivity index (χ3n) is 7.24. The summed E-state index contributed by atoms with van der Waals surface area (Å²) in [7, 11) is 0. The maximum atomic E-state index is 12.9. The van der Waals surface area contributed by atoms with E-state index in [1.807, 2.05) is 6.07 Å². The van der Waals surface area contributed by atoms with Crippen LogP contribution in [-0.2, 0) is 14.9 Å². The molecule has 37 heavy (non-hydrogen) atoms. The molecule has 0 radical (unpaired) electrons. The molecule has 1 aliphatic heterocycles. The van der Waals surface area contributed by atoms with E-state index in [0.717, 1.165) is 63.9 Å². The van der Waals surface area contributed by atoms with Crippen molar-refractivity contribution in [3.63, 3.8) is 0 Å². The number of pyridine rings is 1. The number of carbonyl (C=O) groups excluding carboxylic acids is 1. The number of ether oxygens (including phenoxy) is 1. The van der Waals surface area contributed by atoms with Gasteiger partial charge in [0.25, 0.3) is 5.91 Å². The van der Waals surface area contributed by atoms with E-state index < -0.39 is 11.3 Å². The summed E-state index contributed by atoms with van der Waals surface area (Å²) < 4.78 is 5.47. The quantitative estimate of drug-likeness (QED) is 0.389. The standard InChI is InChI=1S/C28H31N7O2/c1-20(33-22-4-2-21(16-29)3-5-22)25(17-30)27(36)34-23-6-7-26(32-18-23)28(19-31)10-8-24(9-11-28)35-12-14-37-15-13-35/h2-7,17-18,24,30,33H,8-15H2,1H3,(H,34,36)/b25-20+,30-17?/t24-,28-. The Kier molecular flexibility index (Phi) is 8.29. The molecule has 0 atom stereocenters. The van der Waals surface area contributed by atoms with Crippen molar-refractivity contribution in [1.29, 1.82) is 15.9 Å². The number of anilines is 2. The van der Waals surface area contributed by atoms with E-state index in [4.69, 9.17) is 15.4 Å². The minimum absolute atomic E-state index is 0.170. The van der Waals surface area contributed by atoms with E-state index in [2.05, 4.69) is 32.7 Å². The minimum Gasteiger partial charge on any atom is -0.379 e. The van der Waals surface area contributed by atoms with Gasteiger partial charge in [-0.25, -0.2) is 0 Å². The van der Waals surface area contributed by atoms with E-state index in [1.54, 1.807) is 43.5 Å². The van der Waals surface area contributed by atoms with Crippen LogP contribution in [0.15, 0.2) is 53.9 Å². The van der Waals surface area contributed by atoms with Gasteiger partial charge in [-0.2, -0.15) is 10.5 Å². The number of hydrogen-bond acceptors (Lipinski definition) is 8. The second-order valence-corrected chi connectivity index (χ2v) is 9.46. The van der Waals surface area contributed by atoms with Crippen LogP contribution >= 0.6 is 0 Å². The lowest BCUT2D eigenvalue weighted by Crippen LogP contribution is -2.47. The fourth-order valence-electron chi connectivity index (χ4n) is 5.03. The maximum absolute atomic E-state index is 12.9. The highest BCUT2D eigenvalue weighted by Crippen LogP contribution is 2.40. The van der Waals surface area contributed by atoms with E-state index in [9.17, 15) is 10.1 Å². The molecule has 9 nitrogen and oxygen atoms in total. The normalized spacial score (nSPS) is 22.6. The van der Waals surface area contributed by atoms with Crippen LogP contribution < -0.4 is 10.6 Å². The maximum Gasteiger partial charge on any atom is 0.259 e. The molecule has 1 aromatic heterocycles. The third-order valence-corrected chi connectivity index (χ3v) is 7.24. The number of nitrogens with one attached hydrogen (secondary N) is 3. The van der Waals surface area contributed by atoms with Gasteiger partial charge in [-0.15, -0.1) is 0 Å². The number of amides is 1.